The quantitative estimate of drug-likeness (QED) is 0.786. The largest absolute Gasteiger partial charge is 0.375 e. The predicted molar refractivity (Wildman–Crippen MR) is 62.6 cm³/mol. The second-order valence-electron chi connectivity index (χ2n) is 3.58. The number of hydrogen-bond acceptors (Lipinski definition) is 4. The Labute approximate surface area is 89.9 Å². The number of nitrogen functional groups attached to an aromatic ring is 1. The molecule has 0 aromatic carbocycles. The van der Waals surface area contributed by atoms with E-state index in [1.807, 2.05) is 5.38 Å². The van der Waals surface area contributed by atoms with Crippen LogP contribution in [-0.2, 0) is 6.42 Å². The number of aromatic nitrogens is 1. The maximum atomic E-state index is 5.56. The highest BCUT2D eigenvalue weighted by molar-refractivity contribution is 7.13. The summed E-state index contributed by atoms with van der Waals surface area (Å²) in [6, 6.07) is 0. The molecule has 0 aliphatic heterocycles. The molecular formula is C10H19N3S. The molecule has 0 bridgehead atoms. The standard InChI is InChI=1S/C10H19N3S/c1-3-4-6-13(2)7-5-9-8-14-10(11)12-9/h8H,3-7H2,1-2H3,(H2,11,12). The van der Waals surface area contributed by atoms with Crippen molar-refractivity contribution in [2.24, 2.45) is 0 Å². The lowest BCUT2D eigenvalue weighted by Crippen LogP contribution is -2.22. The third-order valence-electron chi connectivity index (χ3n) is 2.21. The highest BCUT2D eigenvalue weighted by atomic mass is 32.1. The van der Waals surface area contributed by atoms with Gasteiger partial charge in [-0.15, -0.1) is 11.3 Å². The van der Waals surface area contributed by atoms with E-state index in [0.717, 1.165) is 18.7 Å². The molecule has 2 N–H and O–H groups in total. The summed E-state index contributed by atoms with van der Waals surface area (Å²) in [6.07, 6.45) is 3.54. The molecule has 0 aliphatic carbocycles. The van der Waals surface area contributed by atoms with Gasteiger partial charge >= 0.3 is 0 Å². The third-order valence-corrected chi connectivity index (χ3v) is 2.94. The van der Waals surface area contributed by atoms with Gasteiger partial charge in [-0.25, -0.2) is 4.98 Å². The minimum atomic E-state index is 0.677. The van der Waals surface area contributed by atoms with Crippen molar-refractivity contribution in [1.82, 2.24) is 9.88 Å². The van der Waals surface area contributed by atoms with Crippen LogP contribution in [0.4, 0.5) is 5.13 Å². The van der Waals surface area contributed by atoms with Gasteiger partial charge in [0.2, 0.25) is 0 Å². The molecule has 0 atom stereocenters. The molecule has 1 aromatic rings. The molecule has 14 heavy (non-hydrogen) atoms. The van der Waals surface area contributed by atoms with Gasteiger partial charge in [0.25, 0.3) is 0 Å². The fourth-order valence-corrected chi connectivity index (χ4v) is 1.88. The van der Waals surface area contributed by atoms with Gasteiger partial charge in [-0.2, -0.15) is 0 Å². The summed E-state index contributed by atoms with van der Waals surface area (Å²) < 4.78 is 0. The predicted octanol–water partition coefficient (Wildman–Crippen LogP) is 2.00. The smallest absolute Gasteiger partial charge is 0.180 e. The van der Waals surface area contributed by atoms with Gasteiger partial charge in [0.1, 0.15) is 0 Å². The number of hydrogen-bond donors (Lipinski definition) is 1. The molecule has 1 aromatic heterocycles. The first kappa shape index (κ1) is 11.5. The van der Waals surface area contributed by atoms with Gasteiger partial charge < -0.3 is 10.6 Å². The van der Waals surface area contributed by atoms with Crippen LogP contribution in [0.25, 0.3) is 0 Å². The van der Waals surface area contributed by atoms with Crippen molar-refractivity contribution in [1.29, 1.82) is 0 Å². The molecule has 1 rings (SSSR count). The van der Waals surface area contributed by atoms with Crippen LogP contribution < -0.4 is 5.73 Å². The average molecular weight is 213 g/mol. The number of anilines is 1. The molecule has 0 amide bonds. The third kappa shape index (κ3) is 4.07. The fraction of sp³-hybridized carbons (Fsp3) is 0.700. The zero-order chi connectivity index (χ0) is 10.4. The van der Waals surface area contributed by atoms with Gasteiger partial charge in [0.15, 0.2) is 5.13 Å². The molecule has 0 saturated heterocycles. The zero-order valence-electron chi connectivity index (χ0n) is 8.99. The summed E-state index contributed by atoms with van der Waals surface area (Å²) in [7, 11) is 2.16. The van der Waals surface area contributed by atoms with Crippen molar-refractivity contribution in [3.05, 3.63) is 11.1 Å². The molecule has 0 fully saturated rings. The van der Waals surface area contributed by atoms with Gasteiger partial charge in [0, 0.05) is 18.3 Å². The molecule has 3 nitrogen and oxygen atoms in total. The van der Waals surface area contributed by atoms with E-state index in [1.165, 1.54) is 30.7 Å². The minimum Gasteiger partial charge on any atom is -0.375 e. The van der Waals surface area contributed by atoms with Crippen LogP contribution >= 0.6 is 11.3 Å². The molecule has 4 heteroatoms. The number of nitrogens with zero attached hydrogens (tertiary/aromatic N) is 2. The Balaban J connectivity index is 2.20. The van der Waals surface area contributed by atoms with Crippen LogP contribution in [0, 0.1) is 0 Å². The topological polar surface area (TPSA) is 42.1 Å². The number of rotatable bonds is 6. The Bertz CT molecular complexity index is 260. The molecule has 1 heterocycles. The zero-order valence-corrected chi connectivity index (χ0v) is 9.81. The molecule has 0 unspecified atom stereocenters. The number of likely N-dealkylation sites (N-methyl/N-ethyl adjacent to an activating group) is 1. The van der Waals surface area contributed by atoms with Crippen molar-refractivity contribution in [3.63, 3.8) is 0 Å². The summed E-state index contributed by atoms with van der Waals surface area (Å²) in [5.74, 6) is 0. The summed E-state index contributed by atoms with van der Waals surface area (Å²) in [5.41, 5.74) is 6.68. The Morgan fingerprint density at radius 1 is 1.50 bits per heavy atom. The first-order chi connectivity index (χ1) is 6.72. The maximum Gasteiger partial charge on any atom is 0.180 e. The Morgan fingerprint density at radius 2 is 2.29 bits per heavy atom. The number of thiazole rings is 1. The normalized spacial score (nSPS) is 11.1. The lowest BCUT2D eigenvalue weighted by Gasteiger charge is -2.14. The molecule has 0 radical (unpaired) electrons. The molecular weight excluding hydrogens is 194 g/mol. The van der Waals surface area contributed by atoms with Crippen LogP contribution in [0.15, 0.2) is 5.38 Å². The highest BCUT2D eigenvalue weighted by Gasteiger charge is 2.01. The van der Waals surface area contributed by atoms with Crippen LogP contribution in [0.3, 0.4) is 0 Å². The molecule has 80 valence electrons. The fourth-order valence-electron chi connectivity index (χ4n) is 1.28. The van der Waals surface area contributed by atoms with Crippen LogP contribution in [0.1, 0.15) is 25.5 Å². The molecule has 0 saturated carbocycles. The van der Waals surface area contributed by atoms with Crippen LogP contribution in [-0.4, -0.2) is 30.0 Å². The van der Waals surface area contributed by atoms with E-state index in [1.54, 1.807) is 0 Å². The van der Waals surface area contributed by atoms with E-state index >= 15 is 0 Å². The summed E-state index contributed by atoms with van der Waals surface area (Å²) >= 11 is 1.52. The van der Waals surface area contributed by atoms with E-state index in [4.69, 9.17) is 5.73 Å². The highest BCUT2D eigenvalue weighted by Crippen LogP contribution is 2.11. The first-order valence-corrected chi connectivity index (χ1v) is 5.98. The van der Waals surface area contributed by atoms with Crippen molar-refractivity contribution >= 4 is 16.5 Å². The summed E-state index contributed by atoms with van der Waals surface area (Å²) in [6.45, 7) is 4.47. The average Bonchev–Trinajstić information content (AvgIpc) is 2.58. The van der Waals surface area contributed by atoms with Crippen molar-refractivity contribution in [2.45, 2.75) is 26.2 Å². The maximum absolute atomic E-state index is 5.56. The number of unbranched alkanes of at least 4 members (excludes halogenated alkanes) is 1. The van der Waals surface area contributed by atoms with E-state index < -0.39 is 0 Å². The minimum absolute atomic E-state index is 0.677. The number of nitrogens with two attached hydrogens (primary N) is 1. The second-order valence-corrected chi connectivity index (χ2v) is 4.47. The van der Waals surface area contributed by atoms with Gasteiger partial charge in [-0.1, -0.05) is 13.3 Å². The Kier molecular flexibility index (Phi) is 4.90. The Hall–Kier alpha value is -0.610. The first-order valence-electron chi connectivity index (χ1n) is 5.10. The van der Waals surface area contributed by atoms with Gasteiger partial charge in [-0.05, 0) is 20.0 Å². The summed E-state index contributed by atoms with van der Waals surface area (Å²) in [4.78, 5) is 6.58. The Morgan fingerprint density at radius 3 is 2.86 bits per heavy atom. The van der Waals surface area contributed by atoms with Crippen LogP contribution in [0.5, 0.6) is 0 Å². The molecule has 0 spiro atoms. The monoisotopic (exact) mass is 213 g/mol. The van der Waals surface area contributed by atoms with Gasteiger partial charge in [-0.3, -0.25) is 0 Å². The van der Waals surface area contributed by atoms with E-state index in [0.29, 0.717) is 5.13 Å². The lowest BCUT2D eigenvalue weighted by atomic mass is 10.3. The second kappa shape index (κ2) is 5.98. The molecule has 0 aliphatic rings. The van der Waals surface area contributed by atoms with Gasteiger partial charge in [0.05, 0.1) is 5.69 Å². The lowest BCUT2D eigenvalue weighted by molar-refractivity contribution is 0.331. The van der Waals surface area contributed by atoms with E-state index in [-0.39, 0.29) is 0 Å². The summed E-state index contributed by atoms with van der Waals surface area (Å²) in [5, 5.41) is 2.72. The van der Waals surface area contributed by atoms with Crippen molar-refractivity contribution in [2.75, 3.05) is 25.9 Å². The van der Waals surface area contributed by atoms with Crippen molar-refractivity contribution in [3.8, 4) is 0 Å². The van der Waals surface area contributed by atoms with E-state index in [2.05, 4.69) is 23.9 Å². The van der Waals surface area contributed by atoms with Crippen LogP contribution in [0.2, 0.25) is 0 Å². The van der Waals surface area contributed by atoms with Crippen molar-refractivity contribution < 1.29 is 0 Å². The SMILES string of the molecule is CCCCN(C)CCc1csc(N)n1. The van der Waals surface area contributed by atoms with E-state index in [9.17, 15) is 0 Å².